The smallest absolute Gasteiger partial charge is 0.191 e. The Morgan fingerprint density at radius 2 is 1.93 bits per heavy atom. The van der Waals surface area contributed by atoms with Crippen molar-refractivity contribution >= 4 is 39.8 Å². The van der Waals surface area contributed by atoms with Gasteiger partial charge in [-0.1, -0.05) is 31.9 Å². The maximum atomic E-state index is 11.5. The molecule has 1 saturated heterocycles. The number of aliphatic imine (C=N–C) groups is 1. The van der Waals surface area contributed by atoms with Gasteiger partial charge in [0.15, 0.2) is 15.8 Å². The lowest BCUT2D eigenvalue weighted by molar-refractivity contribution is 0.147. The molecule has 1 fully saturated rings. The number of likely N-dealkylation sites (tertiary alicyclic amines) is 1. The molecule has 8 heteroatoms. The van der Waals surface area contributed by atoms with E-state index < -0.39 is 9.84 Å². The zero-order valence-electron chi connectivity index (χ0n) is 18.0. The number of guanidine groups is 1. The van der Waals surface area contributed by atoms with E-state index in [1.165, 1.54) is 51.4 Å². The molecule has 1 heterocycles. The average Bonchev–Trinajstić information content (AvgIpc) is 2.69. The van der Waals surface area contributed by atoms with Gasteiger partial charge in [0.2, 0.25) is 0 Å². The minimum Gasteiger partial charge on any atom is -0.356 e. The lowest BCUT2D eigenvalue weighted by Gasteiger charge is -2.36. The third-order valence-electron chi connectivity index (χ3n) is 5.33. The summed E-state index contributed by atoms with van der Waals surface area (Å²) >= 11 is 0. The van der Waals surface area contributed by atoms with Crippen LogP contribution in [0.25, 0.3) is 0 Å². The highest BCUT2D eigenvalue weighted by Crippen LogP contribution is 2.17. The number of benzene rings is 1. The Morgan fingerprint density at radius 1 is 1.21 bits per heavy atom. The molecule has 1 aromatic carbocycles. The van der Waals surface area contributed by atoms with E-state index in [1.807, 2.05) is 12.1 Å². The Morgan fingerprint density at radius 3 is 2.55 bits per heavy atom. The summed E-state index contributed by atoms with van der Waals surface area (Å²) in [4.78, 5) is 7.32. The van der Waals surface area contributed by atoms with E-state index in [-0.39, 0.29) is 24.0 Å². The van der Waals surface area contributed by atoms with Gasteiger partial charge in [0.05, 0.1) is 4.90 Å². The number of unbranched alkanes of at least 4 members (excludes halogenated alkanes) is 1. The average molecular weight is 537 g/mol. The van der Waals surface area contributed by atoms with Crippen molar-refractivity contribution in [2.45, 2.75) is 56.4 Å². The first-order valence-electron chi connectivity index (χ1n) is 10.4. The van der Waals surface area contributed by atoms with E-state index >= 15 is 0 Å². The molecule has 0 aliphatic carbocycles. The van der Waals surface area contributed by atoms with Crippen LogP contribution in [-0.4, -0.2) is 64.8 Å². The van der Waals surface area contributed by atoms with Crippen LogP contribution in [0.3, 0.4) is 0 Å². The summed E-state index contributed by atoms with van der Waals surface area (Å²) in [6, 6.07) is 7.68. The van der Waals surface area contributed by atoms with Gasteiger partial charge in [-0.25, -0.2) is 8.42 Å². The molecule has 29 heavy (non-hydrogen) atoms. The van der Waals surface area contributed by atoms with Crippen molar-refractivity contribution in [3.63, 3.8) is 0 Å². The van der Waals surface area contributed by atoms with Crippen LogP contribution in [0.1, 0.15) is 44.6 Å². The van der Waals surface area contributed by atoms with Crippen molar-refractivity contribution in [1.82, 2.24) is 15.5 Å². The van der Waals surface area contributed by atoms with Gasteiger partial charge in [-0.15, -0.1) is 24.0 Å². The molecule has 1 unspecified atom stereocenters. The van der Waals surface area contributed by atoms with Crippen molar-refractivity contribution in [2.24, 2.45) is 4.99 Å². The summed E-state index contributed by atoms with van der Waals surface area (Å²) in [5.74, 6) is 0.828. The van der Waals surface area contributed by atoms with Gasteiger partial charge in [-0.05, 0) is 56.5 Å². The second-order valence-electron chi connectivity index (χ2n) is 7.59. The Bertz CT molecular complexity index is 723. The van der Waals surface area contributed by atoms with Gasteiger partial charge < -0.3 is 10.6 Å². The van der Waals surface area contributed by atoms with Crippen LogP contribution in [0.4, 0.5) is 0 Å². The number of piperidine rings is 1. The first-order valence-corrected chi connectivity index (χ1v) is 12.3. The van der Waals surface area contributed by atoms with Crippen molar-refractivity contribution < 1.29 is 8.42 Å². The fourth-order valence-corrected chi connectivity index (χ4v) is 4.24. The zero-order chi connectivity index (χ0) is 20.4. The molecule has 1 aromatic rings. The Balaban J connectivity index is 0.00000420. The van der Waals surface area contributed by atoms with Gasteiger partial charge in [0.1, 0.15) is 0 Å². The number of hydrogen-bond donors (Lipinski definition) is 2. The SMILES string of the molecule is CCCCN1CCCCC1CNC(=NC)NCCc1ccc(S(C)(=O)=O)cc1.I. The van der Waals surface area contributed by atoms with E-state index in [2.05, 4.69) is 27.4 Å². The van der Waals surface area contributed by atoms with Gasteiger partial charge in [0, 0.05) is 32.4 Å². The molecular weight excluding hydrogens is 499 g/mol. The molecule has 0 bridgehead atoms. The summed E-state index contributed by atoms with van der Waals surface area (Å²) in [6.07, 6.45) is 8.43. The van der Waals surface area contributed by atoms with Crippen LogP contribution in [0.2, 0.25) is 0 Å². The third-order valence-corrected chi connectivity index (χ3v) is 6.46. The fourth-order valence-electron chi connectivity index (χ4n) is 3.61. The van der Waals surface area contributed by atoms with Crippen molar-refractivity contribution in [2.75, 3.05) is 39.5 Å². The standard InChI is InChI=1S/C21H36N4O2S.HI/c1-4-5-15-25-16-7-6-8-19(25)17-24-21(22-2)23-14-13-18-9-11-20(12-10-18)28(3,26)27;/h9-12,19H,4-8,13-17H2,1-3H3,(H2,22,23,24);1H. The number of nitrogens with zero attached hydrogens (tertiary/aromatic N) is 2. The Hall–Kier alpha value is -0.870. The summed E-state index contributed by atoms with van der Waals surface area (Å²) in [7, 11) is -1.34. The highest BCUT2D eigenvalue weighted by atomic mass is 127. The van der Waals surface area contributed by atoms with Crippen LogP contribution >= 0.6 is 24.0 Å². The van der Waals surface area contributed by atoms with E-state index in [9.17, 15) is 8.42 Å². The number of sulfone groups is 1. The van der Waals surface area contributed by atoms with Gasteiger partial charge >= 0.3 is 0 Å². The van der Waals surface area contributed by atoms with Crippen LogP contribution < -0.4 is 10.6 Å². The molecular formula is C21H37IN4O2S. The maximum Gasteiger partial charge on any atom is 0.191 e. The van der Waals surface area contributed by atoms with Crippen LogP contribution in [-0.2, 0) is 16.3 Å². The molecule has 1 aliphatic rings. The summed E-state index contributed by atoms with van der Waals surface area (Å²) in [5, 5.41) is 6.84. The second-order valence-corrected chi connectivity index (χ2v) is 9.60. The number of rotatable bonds is 9. The van der Waals surface area contributed by atoms with E-state index in [0.29, 0.717) is 10.9 Å². The largest absolute Gasteiger partial charge is 0.356 e. The molecule has 2 rings (SSSR count). The lowest BCUT2D eigenvalue weighted by atomic mass is 10.0. The topological polar surface area (TPSA) is 73.8 Å². The molecule has 0 aromatic heterocycles. The molecule has 1 aliphatic heterocycles. The monoisotopic (exact) mass is 536 g/mol. The minimum atomic E-state index is -3.13. The number of hydrogen-bond acceptors (Lipinski definition) is 4. The van der Waals surface area contributed by atoms with E-state index in [0.717, 1.165) is 31.0 Å². The number of halogens is 1. The summed E-state index contributed by atoms with van der Waals surface area (Å²) in [5.41, 5.74) is 1.10. The van der Waals surface area contributed by atoms with E-state index in [4.69, 9.17) is 0 Å². The van der Waals surface area contributed by atoms with Gasteiger partial charge in [-0.3, -0.25) is 9.89 Å². The van der Waals surface area contributed by atoms with Crippen molar-refractivity contribution in [3.8, 4) is 0 Å². The molecule has 166 valence electrons. The molecule has 0 radical (unpaired) electrons. The fraction of sp³-hybridized carbons (Fsp3) is 0.667. The first kappa shape index (κ1) is 26.2. The van der Waals surface area contributed by atoms with Crippen LogP contribution in [0, 0.1) is 0 Å². The van der Waals surface area contributed by atoms with Crippen LogP contribution in [0.15, 0.2) is 34.2 Å². The maximum absolute atomic E-state index is 11.5. The lowest BCUT2D eigenvalue weighted by Crippen LogP contribution is -2.49. The Labute approximate surface area is 193 Å². The second kappa shape index (κ2) is 13.4. The highest BCUT2D eigenvalue weighted by molar-refractivity contribution is 14.0. The molecule has 0 amide bonds. The molecule has 1 atom stereocenters. The predicted octanol–water partition coefficient (Wildman–Crippen LogP) is 3.07. The quantitative estimate of drug-likeness (QED) is 0.289. The van der Waals surface area contributed by atoms with E-state index in [1.54, 1.807) is 19.2 Å². The highest BCUT2D eigenvalue weighted by Gasteiger charge is 2.21. The summed E-state index contributed by atoms with van der Waals surface area (Å²) in [6.45, 7) is 6.33. The van der Waals surface area contributed by atoms with Gasteiger partial charge in [-0.2, -0.15) is 0 Å². The van der Waals surface area contributed by atoms with Crippen LogP contribution in [0.5, 0.6) is 0 Å². The zero-order valence-corrected chi connectivity index (χ0v) is 21.1. The Kier molecular flexibility index (Phi) is 12.1. The molecule has 0 saturated carbocycles. The molecule has 0 spiro atoms. The van der Waals surface area contributed by atoms with Crippen molar-refractivity contribution in [3.05, 3.63) is 29.8 Å². The third kappa shape index (κ3) is 9.21. The number of nitrogens with one attached hydrogen (secondary N) is 2. The minimum absolute atomic E-state index is 0. The van der Waals surface area contributed by atoms with Crippen molar-refractivity contribution in [1.29, 1.82) is 0 Å². The van der Waals surface area contributed by atoms with Gasteiger partial charge in [0.25, 0.3) is 0 Å². The molecule has 2 N–H and O–H groups in total. The normalized spacial score (nSPS) is 18.2. The molecule has 6 nitrogen and oxygen atoms in total. The first-order chi connectivity index (χ1) is 13.4. The summed E-state index contributed by atoms with van der Waals surface area (Å²) < 4.78 is 23.1. The predicted molar refractivity (Wildman–Crippen MR) is 132 cm³/mol.